The second kappa shape index (κ2) is 4.66. The zero-order valence-electron chi connectivity index (χ0n) is 9.59. The van der Waals surface area contributed by atoms with Gasteiger partial charge in [0.1, 0.15) is 0 Å². The van der Waals surface area contributed by atoms with Crippen LogP contribution in [-0.2, 0) is 0 Å². The zero-order chi connectivity index (χ0) is 12.4. The number of hydrogen-bond acceptors (Lipinski definition) is 4. The molecule has 0 radical (unpaired) electrons. The molecule has 0 unspecified atom stereocenters. The van der Waals surface area contributed by atoms with Crippen molar-refractivity contribution in [2.24, 2.45) is 0 Å². The smallest absolute Gasteiger partial charge is 0.333 e. The molecule has 92 valence electrons. The van der Waals surface area contributed by atoms with Crippen LogP contribution in [0.4, 0.5) is 10.6 Å². The van der Waals surface area contributed by atoms with Crippen molar-refractivity contribution in [1.82, 2.24) is 15.7 Å². The summed E-state index contributed by atoms with van der Waals surface area (Å²) >= 11 is 1.66. The Balaban J connectivity index is 1.99. The first-order valence-electron chi connectivity index (χ1n) is 5.65. The van der Waals surface area contributed by atoms with Crippen LogP contribution in [0.2, 0.25) is 0 Å². The lowest BCUT2D eigenvalue weighted by molar-refractivity contribution is 0.235. The van der Waals surface area contributed by atoms with Crippen molar-refractivity contribution in [3.63, 3.8) is 0 Å². The van der Waals surface area contributed by atoms with Gasteiger partial charge in [-0.3, -0.25) is 5.01 Å². The summed E-state index contributed by atoms with van der Waals surface area (Å²) < 4.78 is 0. The average Bonchev–Trinajstić information content (AvgIpc) is 2.92. The highest BCUT2D eigenvalue weighted by atomic mass is 32.1. The molecular weight excluding hydrogens is 248 g/mol. The van der Waals surface area contributed by atoms with Crippen molar-refractivity contribution in [3.05, 3.63) is 35.8 Å². The third-order valence-electron chi connectivity index (χ3n) is 2.69. The molecule has 0 saturated carbocycles. The lowest BCUT2D eigenvalue weighted by atomic mass is 10.2. The van der Waals surface area contributed by atoms with Gasteiger partial charge in [0, 0.05) is 23.2 Å². The van der Waals surface area contributed by atoms with Crippen LogP contribution >= 0.6 is 11.3 Å². The number of anilines is 1. The maximum atomic E-state index is 11.4. The minimum absolute atomic E-state index is 0.191. The van der Waals surface area contributed by atoms with Crippen molar-refractivity contribution in [2.45, 2.75) is 0 Å². The van der Waals surface area contributed by atoms with E-state index in [-0.39, 0.29) is 6.03 Å². The fraction of sp³-hybridized carbons (Fsp3) is 0.167. The van der Waals surface area contributed by atoms with Crippen molar-refractivity contribution < 1.29 is 4.79 Å². The van der Waals surface area contributed by atoms with E-state index in [0.29, 0.717) is 13.1 Å². The second-order valence-corrected chi connectivity index (χ2v) is 4.82. The summed E-state index contributed by atoms with van der Waals surface area (Å²) in [5.41, 5.74) is 3.80. The molecule has 1 saturated heterocycles. The summed E-state index contributed by atoms with van der Waals surface area (Å²) in [7, 11) is 0. The van der Waals surface area contributed by atoms with Gasteiger partial charge in [0.05, 0.1) is 6.54 Å². The number of hydrazine groups is 1. The molecule has 0 atom stereocenters. The highest BCUT2D eigenvalue weighted by molar-refractivity contribution is 7.13. The number of thiophene rings is 1. The molecule has 2 aromatic heterocycles. The number of urea groups is 1. The summed E-state index contributed by atoms with van der Waals surface area (Å²) in [6.45, 7) is 1.31. The Kier molecular flexibility index (Phi) is 2.85. The van der Waals surface area contributed by atoms with Crippen molar-refractivity contribution in [1.29, 1.82) is 0 Å². The molecule has 0 bridgehead atoms. The monoisotopic (exact) mass is 260 g/mol. The Morgan fingerprint density at radius 2 is 2.28 bits per heavy atom. The Morgan fingerprint density at radius 1 is 1.33 bits per heavy atom. The largest absolute Gasteiger partial charge is 0.335 e. The maximum Gasteiger partial charge on any atom is 0.333 e. The van der Waals surface area contributed by atoms with Crippen LogP contribution in [0.5, 0.6) is 0 Å². The molecule has 1 aliphatic heterocycles. The van der Waals surface area contributed by atoms with Crippen LogP contribution in [0.3, 0.4) is 0 Å². The van der Waals surface area contributed by atoms with E-state index in [4.69, 9.17) is 0 Å². The van der Waals surface area contributed by atoms with Gasteiger partial charge in [-0.25, -0.2) is 15.2 Å². The fourth-order valence-corrected chi connectivity index (χ4v) is 2.64. The van der Waals surface area contributed by atoms with Crippen molar-refractivity contribution in [2.75, 3.05) is 18.1 Å². The quantitative estimate of drug-likeness (QED) is 0.866. The molecule has 2 aromatic rings. The first-order valence-corrected chi connectivity index (χ1v) is 6.53. The van der Waals surface area contributed by atoms with E-state index in [1.807, 2.05) is 23.6 Å². The molecule has 3 rings (SSSR count). The van der Waals surface area contributed by atoms with E-state index in [9.17, 15) is 4.79 Å². The molecule has 0 aromatic carbocycles. The maximum absolute atomic E-state index is 11.4. The molecule has 2 amide bonds. The Hall–Kier alpha value is -2.08. The SMILES string of the molecule is O=C1NCCN(c2ncccc2-c2cccs2)N1. The van der Waals surface area contributed by atoms with Crippen molar-refractivity contribution in [3.8, 4) is 10.4 Å². The molecule has 0 aliphatic carbocycles. The number of pyridine rings is 1. The number of nitrogens with one attached hydrogen (secondary N) is 2. The summed E-state index contributed by atoms with van der Waals surface area (Å²) in [6, 6.07) is 7.79. The summed E-state index contributed by atoms with van der Waals surface area (Å²) in [5.74, 6) is 0.787. The number of hydrogen-bond donors (Lipinski definition) is 2. The van der Waals surface area contributed by atoms with Crippen LogP contribution in [0.1, 0.15) is 0 Å². The van der Waals surface area contributed by atoms with Gasteiger partial charge in [-0.2, -0.15) is 0 Å². The predicted octanol–water partition coefficient (Wildman–Crippen LogP) is 1.84. The number of carbonyl (C=O) groups is 1. The number of nitrogens with zero attached hydrogens (tertiary/aromatic N) is 2. The molecule has 3 heterocycles. The number of carbonyl (C=O) groups excluding carboxylic acids is 1. The Bertz CT molecular complexity index is 555. The van der Waals surface area contributed by atoms with Gasteiger partial charge in [0.2, 0.25) is 0 Å². The molecule has 2 N–H and O–H groups in total. The minimum atomic E-state index is -0.191. The lowest BCUT2D eigenvalue weighted by Gasteiger charge is -2.29. The summed E-state index contributed by atoms with van der Waals surface area (Å²) in [6.07, 6.45) is 1.74. The topological polar surface area (TPSA) is 57.3 Å². The van der Waals surface area contributed by atoms with E-state index in [1.165, 1.54) is 0 Å². The molecule has 0 spiro atoms. The van der Waals surface area contributed by atoms with Crippen LogP contribution in [-0.4, -0.2) is 24.1 Å². The minimum Gasteiger partial charge on any atom is -0.335 e. The van der Waals surface area contributed by atoms with Gasteiger partial charge < -0.3 is 5.32 Å². The van der Waals surface area contributed by atoms with Gasteiger partial charge >= 0.3 is 6.03 Å². The predicted molar refractivity (Wildman–Crippen MR) is 71.4 cm³/mol. The Labute approximate surface area is 108 Å². The summed E-state index contributed by atoms with van der Waals surface area (Å²) in [5, 5.41) is 6.53. The molecule has 1 fully saturated rings. The molecule has 6 heteroatoms. The van der Waals surface area contributed by atoms with E-state index in [0.717, 1.165) is 16.3 Å². The molecule has 1 aliphatic rings. The third-order valence-corrected chi connectivity index (χ3v) is 3.59. The van der Waals surface area contributed by atoms with Gasteiger partial charge in [0.15, 0.2) is 5.82 Å². The van der Waals surface area contributed by atoms with Gasteiger partial charge in [0.25, 0.3) is 0 Å². The first kappa shape index (κ1) is 11.0. The highest BCUT2D eigenvalue weighted by Gasteiger charge is 2.19. The molecular formula is C12H12N4OS. The number of rotatable bonds is 2. The second-order valence-electron chi connectivity index (χ2n) is 3.87. The van der Waals surface area contributed by atoms with Crippen LogP contribution in [0, 0.1) is 0 Å². The van der Waals surface area contributed by atoms with Crippen LogP contribution in [0.25, 0.3) is 10.4 Å². The average molecular weight is 260 g/mol. The fourth-order valence-electron chi connectivity index (χ4n) is 1.89. The Morgan fingerprint density at radius 3 is 3.06 bits per heavy atom. The van der Waals surface area contributed by atoms with E-state index in [2.05, 4.69) is 21.8 Å². The molecule has 18 heavy (non-hydrogen) atoms. The van der Waals surface area contributed by atoms with Gasteiger partial charge in [-0.15, -0.1) is 11.3 Å². The number of aromatic nitrogens is 1. The first-order chi connectivity index (χ1) is 8.84. The highest BCUT2D eigenvalue weighted by Crippen LogP contribution is 2.31. The van der Waals surface area contributed by atoms with E-state index < -0.39 is 0 Å². The van der Waals surface area contributed by atoms with E-state index in [1.54, 1.807) is 22.5 Å². The normalized spacial score (nSPS) is 15.1. The zero-order valence-corrected chi connectivity index (χ0v) is 10.4. The lowest BCUT2D eigenvalue weighted by Crippen LogP contribution is -2.56. The van der Waals surface area contributed by atoms with Gasteiger partial charge in [-0.05, 0) is 23.6 Å². The van der Waals surface area contributed by atoms with Crippen molar-refractivity contribution >= 4 is 23.2 Å². The van der Waals surface area contributed by atoms with E-state index >= 15 is 0 Å². The van der Waals surface area contributed by atoms with Crippen LogP contribution < -0.4 is 15.8 Å². The molecule has 5 nitrogen and oxygen atoms in total. The number of amides is 2. The summed E-state index contributed by atoms with van der Waals surface area (Å²) in [4.78, 5) is 16.9. The van der Waals surface area contributed by atoms with Gasteiger partial charge in [-0.1, -0.05) is 6.07 Å². The third kappa shape index (κ3) is 2.02. The van der Waals surface area contributed by atoms with Crippen LogP contribution in [0.15, 0.2) is 35.8 Å². The standard InChI is InChI=1S/C12H12N4OS/c17-12-14-6-7-16(15-12)11-9(3-1-5-13-11)10-4-2-8-18-10/h1-5,8H,6-7H2,(H2,14,15,17).